The molecular formula is C24H27ClN4O3. The number of hydrogen-bond donors (Lipinski definition) is 0. The van der Waals surface area contributed by atoms with Gasteiger partial charge in [0.25, 0.3) is 0 Å². The summed E-state index contributed by atoms with van der Waals surface area (Å²) in [6.45, 7) is 7.00. The van der Waals surface area contributed by atoms with E-state index in [1.807, 2.05) is 24.3 Å². The topological polar surface area (TPSA) is 60.0 Å². The third-order valence-electron chi connectivity index (χ3n) is 6.10. The van der Waals surface area contributed by atoms with E-state index in [0.29, 0.717) is 38.0 Å². The smallest absolute Gasteiger partial charge is 0.161 e. The average molecular weight is 455 g/mol. The van der Waals surface area contributed by atoms with Gasteiger partial charge in [-0.25, -0.2) is 9.97 Å². The minimum absolute atomic E-state index is 0.149. The third kappa shape index (κ3) is 4.33. The summed E-state index contributed by atoms with van der Waals surface area (Å²) >= 11 is 6.28. The van der Waals surface area contributed by atoms with Gasteiger partial charge in [0, 0.05) is 29.5 Å². The second-order valence-electron chi connectivity index (χ2n) is 8.22. The van der Waals surface area contributed by atoms with Crippen LogP contribution >= 0.6 is 11.6 Å². The Morgan fingerprint density at radius 3 is 2.59 bits per heavy atom. The zero-order chi connectivity index (χ0) is 22.1. The lowest BCUT2D eigenvalue weighted by Gasteiger charge is -2.30. The molecule has 1 saturated heterocycles. The molecule has 5 rings (SSSR count). The van der Waals surface area contributed by atoms with E-state index in [1.165, 1.54) is 0 Å². The molecule has 168 valence electrons. The minimum atomic E-state index is 0.149. The van der Waals surface area contributed by atoms with Crippen molar-refractivity contribution in [3.63, 3.8) is 0 Å². The molecule has 0 aliphatic carbocycles. The van der Waals surface area contributed by atoms with E-state index in [0.717, 1.165) is 52.7 Å². The largest absolute Gasteiger partial charge is 0.486 e. The van der Waals surface area contributed by atoms with Crippen molar-refractivity contribution in [2.45, 2.75) is 19.5 Å². The number of benzene rings is 2. The van der Waals surface area contributed by atoms with Crippen LogP contribution in [0, 0.1) is 0 Å². The van der Waals surface area contributed by atoms with Gasteiger partial charge in [-0.15, -0.1) is 0 Å². The van der Waals surface area contributed by atoms with Crippen molar-refractivity contribution in [1.29, 1.82) is 0 Å². The second-order valence-corrected chi connectivity index (χ2v) is 8.65. The molecule has 3 aromatic rings. The van der Waals surface area contributed by atoms with Crippen LogP contribution in [0.25, 0.3) is 10.9 Å². The normalized spacial score (nSPS) is 17.1. The van der Waals surface area contributed by atoms with Gasteiger partial charge >= 0.3 is 0 Å². The maximum absolute atomic E-state index is 6.28. The van der Waals surface area contributed by atoms with Gasteiger partial charge in [0.15, 0.2) is 11.5 Å². The van der Waals surface area contributed by atoms with Gasteiger partial charge in [-0.1, -0.05) is 17.7 Å². The van der Waals surface area contributed by atoms with E-state index in [4.69, 9.17) is 35.8 Å². The summed E-state index contributed by atoms with van der Waals surface area (Å²) in [6, 6.07) is 12.1. The molecule has 0 spiro atoms. The molecule has 1 fully saturated rings. The van der Waals surface area contributed by atoms with Crippen molar-refractivity contribution in [2.75, 3.05) is 51.5 Å². The highest BCUT2D eigenvalue weighted by molar-refractivity contribution is 6.31. The SMILES string of the molecule is CC(c1ccc2c(c1)OCCO2)N(C)Cc1nc(N2CCOCC2)c2ccc(Cl)cc2n1. The fourth-order valence-corrected chi connectivity index (χ4v) is 4.32. The summed E-state index contributed by atoms with van der Waals surface area (Å²) in [5, 5.41) is 1.69. The van der Waals surface area contributed by atoms with Gasteiger partial charge in [-0.05, 0) is 49.9 Å². The first-order chi connectivity index (χ1) is 15.6. The van der Waals surface area contributed by atoms with Crippen LogP contribution < -0.4 is 14.4 Å². The fourth-order valence-electron chi connectivity index (χ4n) is 4.15. The zero-order valence-electron chi connectivity index (χ0n) is 18.4. The Bertz CT molecular complexity index is 1120. The lowest BCUT2D eigenvalue weighted by atomic mass is 10.1. The molecule has 1 aromatic heterocycles. The highest BCUT2D eigenvalue weighted by atomic mass is 35.5. The number of anilines is 1. The standard InChI is InChI=1S/C24H27ClN4O3/c1-16(17-3-6-21-22(13-17)32-12-11-31-21)28(2)15-23-26-20-14-18(25)4-5-19(20)24(27-23)29-7-9-30-10-8-29/h3-6,13-14,16H,7-12,15H2,1-2H3. The molecule has 1 atom stereocenters. The van der Waals surface area contributed by atoms with Crippen molar-refractivity contribution in [3.8, 4) is 11.5 Å². The molecule has 0 amide bonds. The number of nitrogens with zero attached hydrogens (tertiary/aromatic N) is 4. The molecule has 0 saturated carbocycles. The summed E-state index contributed by atoms with van der Waals surface area (Å²) in [5.41, 5.74) is 2.03. The van der Waals surface area contributed by atoms with E-state index in [-0.39, 0.29) is 6.04 Å². The molecule has 8 heteroatoms. The van der Waals surface area contributed by atoms with Crippen LogP contribution in [0.5, 0.6) is 11.5 Å². The maximum atomic E-state index is 6.28. The van der Waals surface area contributed by atoms with E-state index >= 15 is 0 Å². The zero-order valence-corrected chi connectivity index (χ0v) is 19.1. The van der Waals surface area contributed by atoms with Gasteiger partial charge in [0.05, 0.1) is 25.3 Å². The Balaban J connectivity index is 1.42. The average Bonchev–Trinajstić information content (AvgIpc) is 2.83. The molecule has 0 radical (unpaired) electrons. The van der Waals surface area contributed by atoms with Crippen LogP contribution in [-0.4, -0.2) is 61.4 Å². The van der Waals surface area contributed by atoms with Gasteiger partial charge in [0.1, 0.15) is 24.9 Å². The predicted molar refractivity (Wildman–Crippen MR) is 125 cm³/mol. The lowest BCUT2D eigenvalue weighted by molar-refractivity contribution is 0.122. The molecule has 2 aliphatic heterocycles. The van der Waals surface area contributed by atoms with Crippen LogP contribution in [0.4, 0.5) is 5.82 Å². The number of rotatable bonds is 5. The highest BCUT2D eigenvalue weighted by Crippen LogP contribution is 2.34. The van der Waals surface area contributed by atoms with Gasteiger partial charge in [-0.3, -0.25) is 4.90 Å². The first-order valence-corrected chi connectivity index (χ1v) is 11.3. The first kappa shape index (κ1) is 21.2. The molecular weight excluding hydrogens is 428 g/mol. The van der Waals surface area contributed by atoms with Crippen LogP contribution in [-0.2, 0) is 11.3 Å². The third-order valence-corrected chi connectivity index (χ3v) is 6.33. The fraction of sp³-hybridized carbons (Fsp3) is 0.417. The van der Waals surface area contributed by atoms with Crippen molar-refractivity contribution >= 4 is 28.3 Å². The monoisotopic (exact) mass is 454 g/mol. The number of hydrogen-bond acceptors (Lipinski definition) is 7. The quantitative estimate of drug-likeness (QED) is 0.575. The highest BCUT2D eigenvalue weighted by Gasteiger charge is 2.21. The molecule has 0 N–H and O–H groups in total. The number of aromatic nitrogens is 2. The van der Waals surface area contributed by atoms with Gasteiger partial charge < -0.3 is 19.1 Å². The second kappa shape index (κ2) is 9.10. The molecule has 32 heavy (non-hydrogen) atoms. The Labute approximate surface area is 192 Å². The van der Waals surface area contributed by atoms with Crippen molar-refractivity contribution < 1.29 is 14.2 Å². The van der Waals surface area contributed by atoms with Crippen LogP contribution in [0.2, 0.25) is 5.02 Å². The van der Waals surface area contributed by atoms with Gasteiger partial charge in [-0.2, -0.15) is 0 Å². The van der Waals surface area contributed by atoms with E-state index < -0.39 is 0 Å². The summed E-state index contributed by atoms with van der Waals surface area (Å²) < 4.78 is 16.9. The summed E-state index contributed by atoms with van der Waals surface area (Å²) in [7, 11) is 2.08. The number of halogens is 1. The first-order valence-electron chi connectivity index (χ1n) is 11.0. The number of morpholine rings is 1. The van der Waals surface area contributed by atoms with Crippen LogP contribution in [0.15, 0.2) is 36.4 Å². The Hall–Kier alpha value is -2.61. The van der Waals surface area contributed by atoms with E-state index in [2.05, 4.69) is 35.9 Å². The van der Waals surface area contributed by atoms with E-state index in [9.17, 15) is 0 Å². The molecule has 3 heterocycles. The molecule has 7 nitrogen and oxygen atoms in total. The molecule has 1 unspecified atom stereocenters. The Morgan fingerprint density at radius 1 is 1.00 bits per heavy atom. The predicted octanol–water partition coefficient (Wildman–Crippen LogP) is 4.08. The molecule has 2 aromatic carbocycles. The number of fused-ring (bicyclic) bond motifs is 2. The number of ether oxygens (including phenoxy) is 3. The van der Waals surface area contributed by atoms with Crippen LogP contribution in [0.1, 0.15) is 24.4 Å². The van der Waals surface area contributed by atoms with Crippen LogP contribution in [0.3, 0.4) is 0 Å². The van der Waals surface area contributed by atoms with Crippen molar-refractivity contribution in [2.24, 2.45) is 0 Å². The Morgan fingerprint density at radius 2 is 1.78 bits per heavy atom. The molecule has 2 aliphatic rings. The molecule has 0 bridgehead atoms. The summed E-state index contributed by atoms with van der Waals surface area (Å²) in [5.74, 6) is 3.33. The lowest BCUT2D eigenvalue weighted by Crippen LogP contribution is -2.37. The summed E-state index contributed by atoms with van der Waals surface area (Å²) in [4.78, 5) is 14.3. The minimum Gasteiger partial charge on any atom is -0.486 e. The maximum Gasteiger partial charge on any atom is 0.161 e. The van der Waals surface area contributed by atoms with Gasteiger partial charge in [0.2, 0.25) is 0 Å². The summed E-state index contributed by atoms with van der Waals surface area (Å²) in [6.07, 6.45) is 0. The van der Waals surface area contributed by atoms with E-state index in [1.54, 1.807) is 0 Å². The Kier molecular flexibility index (Phi) is 6.04. The van der Waals surface area contributed by atoms with Crippen molar-refractivity contribution in [3.05, 3.63) is 52.8 Å². The van der Waals surface area contributed by atoms with Crippen molar-refractivity contribution in [1.82, 2.24) is 14.9 Å².